The molecule has 5 nitrogen and oxygen atoms in total. The van der Waals surface area contributed by atoms with Crippen molar-refractivity contribution in [3.63, 3.8) is 0 Å². The second-order valence-electron chi connectivity index (χ2n) is 7.21. The Morgan fingerprint density at radius 1 is 1.00 bits per heavy atom. The quantitative estimate of drug-likeness (QED) is 0.553. The predicted octanol–water partition coefficient (Wildman–Crippen LogP) is 5.62. The topological polar surface area (TPSA) is 71.3 Å². The van der Waals surface area contributed by atoms with Gasteiger partial charge in [0.05, 0.1) is 12.3 Å². The Hall–Kier alpha value is -3.05. The Morgan fingerprint density at radius 3 is 2.34 bits per heavy atom. The van der Waals surface area contributed by atoms with Gasteiger partial charge in [0.2, 0.25) is 0 Å². The smallest absolute Gasteiger partial charge is 0.291 e. The highest BCUT2D eigenvalue weighted by atomic mass is 35.5. The number of nitrogens with one attached hydrogen (secondary N) is 2. The van der Waals surface area contributed by atoms with Gasteiger partial charge in [0.15, 0.2) is 5.76 Å². The van der Waals surface area contributed by atoms with Crippen LogP contribution in [0.3, 0.4) is 0 Å². The Labute approximate surface area is 175 Å². The van der Waals surface area contributed by atoms with Crippen molar-refractivity contribution in [3.8, 4) is 0 Å². The first-order valence-corrected chi connectivity index (χ1v) is 9.75. The summed E-state index contributed by atoms with van der Waals surface area (Å²) in [5.41, 5.74) is 2.85. The molecule has 1 atom stereocenters. The molecule has 0 saturated heterocycles. The third-order valence-electron chi connectivity index (χ3n) is 4.68. The number of anilines is 1. The molecule has 0 bridgehead atoms. The van der Waals surface area contributed by atoms with E-state index in [0.717, 1.165) is 11.1 Å². The Bertz CT molecular complexity index is 995. The van der Waals surface area contributed by atoms with E-state index in [1.807, 2.05) is 45.0 Å². The van der Waals surface area contributed by atoms with Crippen LogP contribution in [0.4, 0.5) is 5.69 Å². The molecule has 1 heterocycles. The van der Waals surface area contributed by atoms with Crippen LogP contribution in [-0.2, 0) is 0 Å². The number of benzene rings is 2. The molecule has 29 heavy (non-hydrogen) atoms. The van der Waals surface area contributed by atoms with Crippen LogP contribution < -0.4 is 10.6 Å². The third-order valence-corrected chi connectivity index (χ3v) is 4.93. The molecule has 0 fully saturated rings. The van der Waals surface area contributed by atoms with Crippen LogP contribution >= 0.6 is 11.6 Å². The first-order valence-electron chi connectivity index (χ1n) is 9.37. The van der Waals surface area contributed by atoms with Crippen LogP contribution in [0.5, 0.6) is 0 Å². The maximum atomic E-state index is 12.9. The third kappa shape index (κ3) is 5.06. The van der Waals surface area contributed by atoms with Gasteiger partial charge in [-0.3, -0.25) is 9.59 Å². The van der Waals surface area contributed by atoms with E-state index < -0.39 is 0 Å². The molecule has 0 saturated carbocycles. The second-order valence-corrected chi connectivity index (χ2v) is 7.64. The second kappa shape index (κ2) is 8.97. The molecule has 3 aromatic rings. The van der Waals surface area contributed by atoms with Crippen molar-refractivity contribution in [1.82, 2.24) is 5.32 Å². The maximum Gasteiger partial charge on any atom is 0.291 e. The fourth-order valence-corrected chi connectivity index (χ4v) is 3.15. The van der Waals surface area contributed by atoms with E-state index in [1.54, 1.807) is 30.3 Å². The van der Waals surface area contributed by atoms with Gasteiger partial charge in [-0.05, 0) is 60.4 Å². The number of hydrogen-bond acceptors (Lipinski definition) is 3. The summed E-state index contributed by atoms with van der Waals surface area (Å²) in [6, 6.07) is 15.7. The van der Waals surface area contributed by atoms with E-state index >= 15 is 0 Å². The first kappa shape index (κ1) is 20.7. The van der Waals surface area contributed by atoms with Crippen molar-refractivity contribution >= 4 is 29.1 Å². The molecular weight excluding hydrogens is 388 g/mol. The average molecular weight is 411 g/mol. The fourth-order valence-electron chi connectivity index (χ4n) is 3.02. The molecule has 1 aromatic heterocycles. The number of amides is 2. The van der Waals surface area contributed by atoms with Crippen LogP contribution in [0, 0.1) is 12.8 Å². The minimum atomic E-state index is -0.364. The molecule has 6 heteroatoms. The molecule has 0 spiro atoms. The lowest BCUT2D eigenvalue weighted by atomic mass is 9.95. The zero-order valence-corrected chi connectivity index (χ0v) is 17.3. The van der Waals surface area contributed by atoms with Crippen molar-refractivity contribution in [2.24, 2.45) is 5.92 Å². The van der Waals surface area contributed by atoms with E-state index in [9.17, 15) is 9.59 Å². The summed E-state index contributed by atoms with van der Waals surface area (Å²) in [6.07, 6.45) is 1.44. The standard InChI is InChI=1S/C23H23ClN2O3/c1-14(2)21(16-8-10-18(24)11-9-16)26-22(27)17-7-6-15(3)19(13-17)25-23(28)20-5-4-12-29-20/h4-14,21H,1-3H3,(H,25,28)(H,26,27). The fraction of sp³-hybridized carbons (Fsp3) is 0.217. The van der Waals surface area contributed by atoms with Crippen molar-refractivity contribution in [2.45, 2.75) is 26.8 Å². The van der Waals surface area contributed by atoms with Crippen LogP contribution in [0.25, 0.3) is 0 Å². The molecule has 0 aliphatic carbocycles. The number of hydrogen-bond donors (Lipinski definition) is 2. The van der Waals surface area contributed by atoms with Gasteiger partial charge >= 0.3 is 0 Å². The van der Waals surface area contributed by atoms with Crippen LogP contribution in [0.2, 0.25) is 5.02 Å². The first-order chi connectivity index (χ1) is 13.8. The summed E-state index contributed by atoms with van der Waals surface area (Å²) < 4.78 is 5.12. The molecule has 150 valence electrons. The largest absolute Gasteiger partial charge is 0.459 e. The molecule has 0 radical (unpaired) electrons. The molecule has 2 N–H and O–H groups in total. The summed E-state index contributed by atoms with van der Waals surface area (Å²) in [6.45, 7) is 5.96. The van der Waals surface area contributed by atoms with Crippen LogP contribution in [-0.4, -0.2) is 11.8 Å². The summed E-state index contributed by atoms with van der Waals surface area (Å²) in [4.78, 5) is 25.2. The minimum Gasteiger partial charge on any atom is -0.459 e. The van der Waals surface area contributed by atoms with Gasteiger partial charge in [-0.2, -0.15) is 0 Å². The number of furan rings is 1. The summed E-state index contributed by atoms with van der Waals surface area (Å²) in [5, 5.41) is 6.53. The molecule has 1 unspecified atom stereocenters. The van der Waals surface area contributed by atoms with E-state index in [4.69, 9.17) is 16.0 Å². The van der Waals surface area contributed by atoms with Gasteiger partial charge in [0, 0.05) is 16.3 Å². The van der Waals surface area contributed by atoms with Gasteiger partial charge in [0.1, 0.15) is 0 Å². The maximum absolute atomic E-state index is 12.9. The molecule has 2 amide bonds. The normalized spacial score (nSPS) is 11.9. The predicted molar refractivity (Wildman–Crippen MR) is 114 cm³/mol. The lowest BCUT2D eigenvalue weighted by Crippen LogP contribution is -2.31. The van der Waals surface area contributed by atoms with Gasteiger partial charge < -0.3 is 15.1 Å². The average Bonchev–Trinajstić information content (AvgIpc) is 3.23. The zero-order chi connectivity index (χ0) is 21.0. The highest BCUT2D eigenvalue weighted by molar-refractivity contribution is 6.30. The number of rotatable bonds is 6. The van der Waals surface area contributed by atoms with Gasteiger partial charge in [-0.25, -0.2) is 0 Å². The van der Waals surface area contributed by atoms with Crippen molar-refractivity contribution in [1.29, 1.82) is 0 Å². The summed E-state index contributed by atoms with van der Waals surface area (Å²) in [7, 11) is 0. The van der Waals surface area contributed by atoms with Crippen molar-refractivity contribution in [2.75, 3.05) is 5.32 Å². The molecule has 2 aromatic carbocycles. The Balaban J connectivity index is 1.79. The van der Waals surface area contributed by atoms with E-state index in [2.05, 4.69) is 10.6 Å². The highest BCUT2D eigenvalue weighted by Gasteiger charge is 2.20. The van der Waals surface area contributed by atoms with Crippen LogP contribution in [0.15, 0.2) is 65.3 Å². The molecular formula is C23H23ClN2O3. The SMILES string of the molecule is Cc1ccc(C(=O)NC(c2ccc(Cl)cc2)C(C)C)cc1NC(=O)c1ccco1. The number of halogens is 1. The minimum absolute atomic E-state index is 0.165. The Kier molecular flexibility index (Phi) is 6.39. The zero-order valence-electron chi connectivity index (χ0n) is 16.5. The van der Waals surface area contributed by atoms with E-state index in [1.165, 1.54) is 6.26 Å². The Morgan fingerprint density at radius 2 is 1.72 bits per heavy atom. The summed E-state index contributed by atoms with van der Waals surface area (Å²) >= 11 is 5.98. The van der Waals surface area contributed by atoms with E-state index in [0.29, 0.717) is 16.3 Å². The number of carbonyl (C=O) groups excluding carboxylic acids is 2. The molecule has 0 aliphatic heterocycles. The highest BCUT2D eigenvalue weighted by Crippen LogP contribution is 2.25. The van der Waals surface area contributed by atoms with Gasteiger partial charge in [0.25, 0.3) is 11.8 Å². The van der Waals surface area contributed by atoms with Crippen molar-refractivity contribution < 1.29 is 14.0 Å². The molecule has 3 rings (SSSR count). The summed E-state index contributed by atoms with van der Waals surface area (Å²) in [5.74, 6) is -0.186. The number of carbonyl (C=O) groups is 2. The van der Waals surface area contributed by atoms with Crippen molar-refractivity contribution in [3.05, 3.63) is 88.3 Å². The van der Waals surface area contributed by atoms with E-state index in [-0.39, 0.29) is 29.5 Å². The lowest BCUT2D eigenvalue weighted by molar-refractivity contribution is 0.0924. The molecule has 0 aliphatic rings. The lowest BCUT2D eigenvalue weighted by Gasteiger charge is -2.23. The number of aryl methyl sites for hydroxylation is 1. The van der Waals surface area contributed by atoms with Gasteiger partial charge in [-0.15, -0.1) is 0 Å². The monoisotopic (exact) mass is 410 g/mol. The van der Waals surface area contributed by atoms with Gasteiger partial charge in [-0.1, -0.05) is 43.6 Å². The van der Waals surface area contributed by atoms with Crippen LogP contribution in [0.1, 0.15) is 51.9 Å².